The van der Waals surface area contributed by atoms with Gasteiger partial charge in [-0.1, -0.05) is 18.9 Å². The fourth-order valence-corrected chi connectivity index (χ4v) is 2.60. The zero-order valence-electron chi connectivity index (χ0n) is 11.0. The van der Waals surface area contributed by atoms with Gasteiger partial charge in [-0.05, 0) is 52.0 Å². The van der Waals surface area contributed by atoms with E-state index in [4.69, 9.17) is 4.74 Å². The van der Waals surface area contributed by atoms with Crippen molar-refractivity contribution < 1.29 is 9.53 Å². The molecular formula is C14H24O2. The molecule has 0 heterocycles. The SMILES string of the molecule is CCOC1(C(=O)C=C(C)C)CCCC(C)C1. The summed E-state index contributed by atoms with van der Waals surface area (Å²) >= 11 is 0. The number of hydrogen-bond acceptors (Lipinski definition) is 2. The maximum absolute atomic E-state index is 12.3. The van der Waals surface area contributed by atoms with Crippen LogP contribution >= 0.6 is 0 Å². The Balaban J connectivity index is 2.86. The Morgan fingerprint density at radius 1 is 1.50 bits per heavy atom. The zero-order chi connectivity index (χ0) is 12.2. The van der Waals surface area contributed by atoms with Gasteiger partial charge in [0, 0.05) is 6.61 Å². The van der Waals surface area contributed by atoms with Crippen molar-refractivity contribution in [3.8, 4) is 0 Å². The van der Waals surface area contributed by atoms with Gasteiger partial charge in [0.15, 0.2) is 5.78 Å². The van der Waals surface area contributed by atoms with Gasteiger partial charge in [0.2, 0.25) is 0 Å². The highest BCUT2D eigenvalue weighted by molar-refractivity contribution is 5.97. The molecule has 0 aliphatic heterocycles. The summed E-state index contributed by atoms with van der Waals surface area (Å²) in [4.78, 5) is 12.3. The summed E-state index contributed by atoms with van der Waals surface area (Å²) in [6.45, 7) is 8.72. The molecule has 0 aromatic carbocycles. The van der Waals surface area contributed by atoms with Crippen LogP contribution in [0.5, 0.6) is 0 Å². The van der Waals surface area contributed by atoms with Crippen LogP contribution in [-0.2, 0) is 9.53 Å². The van der Waals surface area contributed by atoms with Gasteiger partial charge in [-0.25, -0.2) is 0 Å². The molecule has 0 aromatic heterocycles. The molecule has 1 saturated carbocycles. The fraction of sp³-hybridized carbons (Fsp3) is 0.786. The average Bonchev–Trinajstić information content (AvgIpc) is 2.17. The lowest BCUT2D eigenvalue weighted by molar-refractivity contribution is -0.145. The Bertz CT molecular complexity index is 272. The first kappa shape index (κ1) is 13.4. The van der Waals surface area contributed by atoms with E-state index < -0.39 is 5.60 Å². The van der Waals surface area contributed by atoms with Crippen LogP contribution in [0.25, 0.3) is 0 Å². The van der Waals surface area contributed by atoms with Gasteiger partial charge in [0.05, 0.1) is 0 Å². The number of ether oxygens (including phenoxy) is 1. The molecule has 2 atom stereocenters. The standard InChI is InChI=1S/C14H24O2/c1-5-16-14(13(15)9-11(2)3)8-6-7-12(4)10-14/h9,12H,5-8,10H2,1-4H3. The molecule has 0 bridgehead atoms. The van der Waals surface area contributed by atoms with Gasteiger partial charge in [-0.3, -0.25) is 4.79 Å². The van der Waals surface area contributed by atoms with Crippen molar-refractivity contribution in [2.24, 2.45) is 5.92 Å². The lowest BCUT2D eigenvalue weighted by Gasteiger charge is -2.37. The Morgan fingerprint density at radius 3 is 2.69 bits per heavy atom. The summed E-state index contributed by atoms with van der Waals surface area (Å²) in [5, 5.41) is 0. The average molecular weight is 224 g/mol. The van der Waals surface area contributed by atoms with Crippen LogP contribution in [0.3, 0.4) is 0 Å². The molecule has 0 saturated heterocycles. The first-order valence-electron chi connectivity index (χ1n) is 6.33. The van der Waals surface area contributed by atoms with Crippen LogP contribution in [0.1, 0.15) is 53.4 Å². The summed E-state index contributed by atoms with van der Waals surface area (Å²) in [5.74, 6) is 0.760. The minimum atomic E-state index is -0.524. The number of allylic oxidation sites excluding steroid dienone is 1. The Hall–Kier alpha value is -0.630. The predicted molar refractivity (Wildman–Crippen MR) is 66.4 cm³/mol. The van der Waals surface area contributed by atoms with E-state index in [1.165, 1.54) is 6.42 Å². The monoisotopic (exact) mass is 224 g/mol. The molecule has 0 radical (unpaired) electrons. The van der Waals surface area contributed by atoms with E-state index >= 15 is 0 Å². The molecule has 1 fully saturated rings. The fourth-order valence-electron chi connectivity index (χ4n) is 2.60. The number of hydrogen-bond donors (Lipinski definition) is 0. The van der Waals surface area contributed by atoms with Gasteiger partial charge in [0.1, 0.15) is 5.60 Å². The van der Waals surface area contributed by atoms with E-state index in [2.05, 4.69) is 6.92 Å². The van der Waals surface area contributed by atoms with Gasteiger partial charge in [0.25, 0.3) is 0 Å². The third-order valence-corrected chi connectivity index (χ3v) is 3.25. The van der Waals surface area contributed by atoms with Crippen molar-refractivity contribution in [3.05, 3.63) is 11.6 Å². The molecule has 2 unspecified atom stereocenters. The quantitative estimate of drug-likeness (QED) is 0.683. The molecule has 1 rings (SSSR count). The molecule has 1 aliphatic rings. The van der Waals surface area contributed by atoms with Crippen molar-refractivity contribution in [1.29, 1.82) is 0 Å². The van der Waals surface area contributed by atoms with Crippen molar-refractivity contribution in [2.75, 3.05) is 6.61 Å². The second kappa shape index (κ2) is 5.62. The van der Waals surface area contributed by atoms with Crippen LogP contribution < -0.4 is 0 Å². The highest BCUT2D eigenvalue weighted by Crippen LogP contribution is 2.36. The molecule has 2 heteroatoms. The summed E-state index contributed by atoms with van der Waals surface area (Å²) in [5.41, 5.74) is 0.534. The number of rotatable bonds is 4. The van der Waals surface area contributed by atoms with Crippen LogP contribution in [0.4, 0.5) is 0 Å². The molecule has 0 amide bonds. The van der Waals surface area contributed by atoms with Gasteiger partial charge in [-0.15, -0.1) is 0 Å². The van der Waals surface area contributed by atoms with Gasteiger partial charge in [-0.2, -0.15) is 0 Å². The van der Waals surface area contributed by atoms with Crippen LogP contribution in [-0.4, -0.2) is 18.0 Å². The van der Waals surface area contributed by atoms with Crippen LogP contribution in [0.15, 0.2) is 11.6 Å². The summed E-state index contributed by atoms with van der Waals surface area (Å²) in [6.07, 6.45) is 5.82. The minimum absolute atomic E-state index is 0.168. The van der Waals surface area contributed by atoms with E-state index in [0.29, 0.717) is 12.5 Å². The maximum atomic E-state index is 12.3. The number of carbonyl (C=O) groups excluding carboxylic acids is 1. The van der Waals surface area contributed by atoms with Crippen molar-refractivity contribution in [1.82, 2.24) is 0 Å². The molecule has 0 spiro atoms. The summed E-state index contributed by atoms with van der Waals surface area (Å²) < 4.78 is 5.81. The highest BCUT2D eigenvalue weighted by Gasteiger charge is 2.40. The van der Waals surface area contributed by atoms with Crippen LogP contribution in [0.2, 0.25) is 0 Å². The van der Waals surface area contributed by atoms with E-state index in [-0.39, 0.29) is 5.78 Å². The topological polar surface area (TPSA) is 26.3 Å². The van der Waals surface area contributed by atoms with Crippen molar-refractivity contribution >= 4 is 5.78 Å². The molecule has 2 nitrogen and oxygen atoms in total. The van der Waals surface area contributed by atoms with E-state index in [1.54, 1.807) is 6.08 Å². The second-order valence-corrected chi connectivity index (χ2v) is 5.21. The van der Waals surface area contributed by atoms with Crippen molar-refractivity contribution in [3.63, 3.8) is 0 Å². The maximum Gasteiger partial charge on any atom is 0.187 e. The Morgan fingerprint density at radius 2 is 2.19 bits per heavy atom. The van der Waals surface area contributed by atoms with E-state index in [0.717, 1.165) is 24.8 Å². The molecule has 0 N–H and O–H groups in total. The number of ketones is 1. The van der Waals surface area contributed by atoms with E-state index in [1.807, 2.05) is 20.8 Å². The normalized spacial score (nSPS) is 29.9. The molecule has 0 aromatic rings. The molecule has 1 aliphatic carbocycles. The lowest BCUT2D eigenvalue weighted by atomic mass is 9.76. The minimum Gasteiger partial charge on any atom is -0.367 e. The molecule has 16 heavy (non-hydrogen) atoms. The van der Waals surface area contributed by atoms with Crippen LogP contribution in [0, 0.1) is 5.92 Å². The lowest BCUT2D eigenvalue weighted by Crippen LogP contribution is -2.44. The van der Waals surface area contributed by atoms with Gasteiger partial charge >= 0.3 is 0 Å². The summed E-state index contributed by atoms with van der Waals surface area (Å²) in [6, 6.07) is 0. The molecule has 92 valence electrons. The smallest absolute Gasteiger partial charge is 0.187 e. The van der Waals surface area contributed by atoms with Gasteiger partial charge < -0.3 is 4.74 Å². The Kier molecular flexibility index (Phi) is 4.72. The predicted octanol–water partition coefficient (Wildman–Crippen LogP) is 3.51. The third kappa shape index (κ3) is 3.18. The number of carbonyl (C=O) groups is 1. The third-order valence-electron chi connectivity index (χ3n) is 3.25. The Labute approximate surface area is 99.1 Å². The first-order chi connectivity index (χ1) is 7.50. The second-order valence-electron chi connectivity index (χ2n) is 5.21. The molecular weight excluding hydrogens is 200 g/mol. The first-order valence-corrected chi connectivity index (χ1v) is 6.33. The van der Waals surface area contributed by atoms with Crippen molar-refractivity contribution in [2.45, 2.75) is 59.0 Å². The highest BCUT2D eigenvalue weighted by atomic mass is 16.5. The largest absolute Gasteiger partial charge is 0.367 e. The zero-order valence-corrected chi connectivity index (χ0v) is 11.0. The van der Waals surface area contributed by atoms with E-state index in [9.17, 15) is 4.79 Å². The summed E-state index contributed by atoms with van der Waals surface area (Å²) in [7, 11) is 0.